The van der Waals surface area contributed by atoms with Crippen LogP contribution in [-0.4, -0.2) is 32.1 Å². The number of aromatic nitrogens is 1. The van der Waals surface area contributed by atoms with Crippen molar-refractivity contribution in [1.82, 2.24) is 4.98 Å². The second kappa shape index (κ2) is 7.31. The zero-order valence-corrected chi connectivity index (χ0v) is 15.7. The van der Waals surface area contributed by atoms with Crippen molar-refractivity contribution in [1.29, 1.82) is 0 Å². The van der Waals surface area contributed by atoms with Gasteiger partial charge in [0.25, 0.3) is 0 Å². The zero-order chi connectivity index (χ0) is 17.9. The normalized spacial score (nSPS) is 11.5. The fourth-order valence-electron chi connectivity index (χ4n) is 2.12. The van der Waals surface area contributed by atoms with E-state index in [2.05, 4.69) is 10.3 Å². The average Bonchev–Trinajstić information content (AvgIpc) is 2.93. The Hall–Kier alpha value is -1.93. The molecular formula is C16H21N3O3S2. The molecule has 0 unspecified atom stereocenters. The molecule has 0 aliphatic rings. The topological polar surface area (TPSA) is 79.4 Å². The summed E-state index contributed by atoms with van der Waals surface area (Å²) in [5, 5.41) is 5.03. The van der Waals surface area contributed by atoms with Gasteiger partial charge in [-0.1, -0.05) is 32.0 Å². The molecule has 6 nitrogen and oxygen atoms in total. The molecule has 24 heavy (non-hydrogen) atoms. The van der Waals surface area contributed by atoms with Crippen molar-refractivity contribution in [3.05, 3.63) is 40.9 Å². The highest BCUT2D eigenvalue weighted by Crippen LogP contribution is 2.23. The van der Waals surface area contributed by atoms with Gasteiger partial charge in [-0.2, -0.15) is 0 Å². The molecule has 1 aromatic carbocycles. The summed E-state index contributed by atoms with van der Waals surface area (Å²) < 4.78 is 25.3. The first kappa shape index (κ1) is 18.4. The molecule has 1 N–H and O–H groups in total. The number of para-hydroxylation sites is 1. The van der Waals surface area contributed by atoms with Crippen LogP contribution in [0.15, 0.2) is 29.6 Å². The molecule has 2 rings (SSSR count). The molecule has 0 bridgehead atoms. The van der Waals surface area contributed by atoms with E-state index in [1.54, 1.807) is 25.1 Å². The number of anilines is 2. The zero-order valence-electron chi connectivity index (χ0n) is 14.1. The second-order valence-corrected chi connectivity index (χ2v) is 8.60. The first-order chi connectivity index (χ1) is 11.2. The van der Waals surface area contributed by atoms with Crippen LogP contribution in [0.3, 0.4) is 0 Å². The summed E-state index contributed by atoms with van der Waals surface area (Å²) in [7, 11) is -3.58. The molecule has 0 saturated carbocycles. The number of sulfonamides is 1. The molecule has 0 aliphatic heterocycles. The summed E-state index contributed by atoms with van der Waals surface area (Å²) in [5.74, 6) is -0.153. The van der Waals surface area contributed by atoms with Crippen molar-refractivity contribution in [2.45, 2.75) is 26.7 Å². The molecule has 1 amide bonds. The third-order valence-electron chi connectivity index (χ3n) is 3.43. The smallest absolute Gasteiger partial charge is 0.246 e. The van der Waals surface area contributed by atoms with Crippen LogP contribution in [0.2, 0.25) is 0 Å². The maximum Gasteiger partial charge on any atom is 0.246 e. The van der Waals surface area contributed by atoms with Crippen LogP contribution in [0.25, 0.3) is 0 Å². The maximum absolute atomic E-state index is 12.3. The van der Waals surface area contributed by atoms with E-state index in [0.29, 0.717) is 10.8 Å². The van der Waals surface area contributed by atoms with Crippen LogP contribution >= 0.6 is 11.3 Å². The number of hydrogen-bond donors (Lipinski definition) is 1. The van der Waals surface area contributed by atoms with E-state index in [4.69, 9.17) is 0 Å². The van der Waals surface area contributed by atoms with E-state index in [1.807, 2.05) is 25.3 Å². The van der Waals surface area contributed by atoms with Gasteiger partial charge in [0.1, 0.15) is 6.54 Å². The van der Waals surface area contributed by atoms with Gasteiger partial charge in [-0.25, -0.2) is 13.4 Å². The summed E-state index contributed by atoms with van der Waals surface area (Å²) in [6.07, 6.45) is 1.09. The number of benzene rings is 1. The van der Waals surface area contributed by atoms with Gasteiger partial charge in [0.2, 0.25) is 15.9 Å². The van der Waals surface area contributed by atoms with Gasteiger partial charge in [-0.05, 0) is 24.5 Å². The van der Waals surface area contributed by atoms with E-state index in [0.717, 1.165) is 21.8 Å². The largest absolute Gasteiger partial charge is 0.300 e. The summed E-state index contributed by atoms with van der Waals surface area (Å²) in [4.78, 5) is 16.6. The number of rotatable bonds is 6. The monoisotopic (exact) mass is 367 g/mol. The van der Waals surface area contributed by atoms with E-state index in [-0.39, 0.29) is 12.5 Å². The Morgan fingerprint density at radius 2 is 2.00 bits per heavy atom. The van der Waals surface area contributed by atoms with Crippen LogP contribution in [0, 0.1) is 6.92 Å². The summed E-state index contributed by atoms with van der Waals surface area (Å²) in [6.45, 7) is 5.55. The molecule has 0 saturated heterocycles. The lowest BCUT2D eigenvalue weighted by molar-refractivity contribution is -0.114. The lowest BCUT2D eigenvalue weighted by Gasteiger charge is -2.23. The Kier molecular flexibility index (Phi) is 5.61. The molecule has 0 spiro atoms. The predicted octanol–water partition coefficient (Wildman–Crippen LogP) is 2.98. The first-order valence-corrected chi connectivity index (χ1v) is 10.2. The number of aryl methyl sites for hydroxylation is 1. The Balaban J connectivity index is 2.18. The molecule has 8 heteroatoms. The number of carbonyl (C=O) groups excluding carboxylic acids is 1. The van der Waals surface area contributed by atoms with Crippen LogP contribution < -0.4 is 9.62 Å². The van der Waals surface area contributed by atoms with Gasteiger partial charge >= 0.3 is 0 Å². The molecule has 0 radical (unpaired) electrons. The molecule has 0 fully saturated rings. The van der Waals surface area contributed by atoms with E-state index >= 15 is 0 Å². The van der Waals surface area contributed by atoms with Gasteiger partial charge in [0.05, 0.1) is 17.6 Å². The first-order valence-electron chi connectivity index (χ1n) is 7.47. The second-order valence-electron chi connectivity index (χ2n) is 5.84. The van der Waals surface area contributed by atoms with Gasteiger partial charge in [0, 0.05) is 5.38 Å². The van der Waals surface area contributed by atoms with Crippen molar-refractivity contribution < 1.29 is 13.2 Å². The van der Waals surface area contributed by atoms with E-state index in [9.17, 15) is 13.2 Å². The molecular weight excluding hydrogens is 346 g/mol. The number of nitrogens with zero attached hydrogens (tertiary/aromatic N) is 2. The SMILES string of the molecule is Cc1ccccc1N(CC(=O)Nc1nc(C(C)C)cs1)S(C)(=O)=O. The van der Waals surface area contributed by atoms with Crippen molar-refractivity contribution in [2.75, 3.05) is 22.4 Å². The Morgan fingerprint density at radius 1 is 1.33 bits per heavy atom. The van der Waals surface area contributed by atoms with Crippen molar-refractivity contribution >= 4 is 38.1 Å². The fourth-order valence-corrected chi connectivity index (χ4v) is 3.92. The van der Waals surface area contributed by atoms with E-state index < -0.39 is 15.9 Å². The fraction of sp³-hybridized carbons (Fsp3) is 0.375. The minimum Gasteiger partial charge on any atom is -0.300 e. The van der Waals surface area contributed by atoms with Crippen molar-refractivity contribution in [3.8, 4) is 0 Å². The number of amides is 1. The minimum absolute atomic E-state index is 0.270. The predicted molar refractivity (Wildman–Crippen MR) is 98.2 cm³/mol. The standard InChI is InChI=1S/C16H21N3O3S2/c1-11(2)13-10-23-16(17-13)18-15(20)9-19(24(4,21)22)14-8-6-5-7-12(14)3/h5-8,10-11H,9H2,1-4H3,(H,17,18,20). The number of carbonyl (C=O) groups is 1. The highest BCUT2D eigenvalue weighted by molar-refractivity contribution is 7.92. The minimum atomic E-state index is -3.58. The molecule has 130 valence electrons. The van der Waals surface area contributed by atoms with Crippen LogP contribution in [0.1, 0.15) is 31.0 Å². The Labute approximate surface area is 146 Å². The average molecular weight is 367 g/mol. The van der Waals surface area contributed by atoms with Crippen LogP contribution in [0.4, 0.5) is 10.8 Å². The molecule has 1 heterocycles. The lowest BCUT2D eigenvalue weighted by atomic mass is 10.2. The summed E-state index contributed by atoms with van der Waals surface area (Å²) >= 11 is 1.33. The number of nitrogens with one attached hydrogen (secondary N) is 1. The van der Waals surface area contributed by atoms with E-state index in [1.165, 1.54) is 11.3 Å². The number of thiazole rings is 1. The van der Waals surface area contributed by atoms with Crippen LogP contribution in [-0.2, 0) is 14.8 Å². The van der Waals surface area contributed by atoms with Crippen LogP contribution in [0.5, 0.6) is 0 Å². The summed E-state index contributed by atoms with van der Waals surface area (Å²) in [5.41, 5.74) is 2.18. The highest BCUT2D eigenvalue weighted by atomic mass is 32.2. The van der Waals surface area contributed by atoms with Gasteiger partial charge in [-0.15, -0.1) is 11.3 Å². The highest BCUT2D eigenvalue weighted by Gasteiger charge is 2.22. The van der Waals surface area contributed by atoms with Gasteiger partial charge in [0.15, 0.2) is 5.13 Å². The Bertz CT molecular complexity index is 829. The van der Waals surface area contributed by atoms with Crippen molar-refractivity contribution in [2.24, 2.45) is 0 Å². The lowest BCUT2D eigenvalue weighted by Crippen LogP contribution is -2.37. The molecule has 2 aromatic rings. The van der Waals surface area contributed by atoms with Crippen molar-refractivity contribution in [3.63, 3.8) is 0 Å². The summed E-state index contributed by atoms with van der Waals surface area (Å²) in [6, 6.07) is 7.06. The quantitative estimate of drug-likeness (QED) is 0.851. The third-order valence-corrected chi connectivity index (χ3v) is 5.33. The molecule has 0 atom stereocenters. The molecule has 0 aliphatic carbocycles. The molecule has 1 aromatic heterocycles. The van der Waals surface area contributed by atoms with Gasteiger partial charge in [-0.3, -0.25) is 9.10 Å². The van der Waals surface area contributed by atoms with Gasteiger partial charge < -0.3 is 5.32 Å². The maximum atomic E-state index is 12.3. The Morgan fingerprint density at radius 3 is 2.54 bits per heavy atom. The third kappa shape index (κ3) is 4.55. The number of hydrogen-bond acceptors (Lipinski definition) is 5.